The first-order valence-electron chi connectivity index (χ1n) is 11.0. The molecule has 3 aromatic rings. The SMILES string of the molecule is O=C1CCC[C@]2(CN(C(=O)c3cccc(Oc4ncccn4)c3)C[C@H]2c2ccc(F)c(F)c2)N1. The highest BCUT2D eigenvalue weighted by atomic mass is 19.2. The molecule has 9 heteroatoms. The van der Waals surface area contributed by atoms with E-state index in [-0.39, 0.29) is 36.8 Å². The Morgan fingerprint density at radius 3 is 2.68 bits per heavy atom. The van der Waals surface area contributed by atoms with Gasteiger partial charge < -0.3 is 15.0 Å². The number of aromatic nitrogens is 2. The Morgan fingerprint density at radius 2 is 1.91 bits per heavy atom. The van der Waals surface area contributed by atoms with Crippen LogP contribution in [0.5, 0.6) is 11.8 Å². The van der Waals surface area contributed by atoms with Crippen LogP contribution in [-0.2, 0) is 4.79 Å². The van der Waals surface area contributed by atoms with Gasteiger partial charge >= 0.3 is 6.01 Å². The van der Waals surface area contributed by atoms with Crippen LogP contribution in [-0.4, -0.2) is 45.3 Å². The van der Waals surface area contributed by atoms with Gasteiger partial charge in [-0.15, -0.1) is 0 Å². The molecule has 0 bridgehead atoms. The minimum absolute atomic E-state index is 0.105. The third-order valence-electron chi connectivity index (χ3n) is 6.42. The fourth-order valence-corrected chi connectivity index (χ4v) is 4.88. The van der Waals surface area contributed by atoms with Gasteiger partial charge in [0.15, 0.2) is 11.6 Å². The van der Waals surface area contributed by atoms with E-state index in [2.05, 4.69) is 15.3 Å². The maximum Gasteiger partial charge on any atom is 0.321 e. The molecule has 2 atom stereocenters. The smallest absolute Gasteiger partial charge is 0.321 e. The first kappa shape index (κ1) is 21.9. The van der Waals surface area contributed by atoms with E-state index in [1.54, 1.807) is 47.6 Å². The lowest BCUT2D eigenvalue weighted by atomic mass is 9.76. The number of nitrogens with one attached hydrogen (secondary N) is 1. The highest BCUT2D eigenvalue weighted by molar-refractivity contribution is 5.95. The number of carbonyl (C=O) groups is 2. The Kier molecular flexibility index (Phi) is 5.69. The van der Waals surface area contributed by atoms with Crippen molar-refractivity contribution >= 4 is 11.8 Å². The quantitative estimate of drug-likeness (QED) is 0.635. The molecule has 0 aliphatic carbocycles. The van der Waals surface area contributed by atoms with Crippen molar-refractivity contribution in [1.82, 2.24) is 20.2 Å². The summed E-state index contributed by atoms with van der Waals surface area (Å²) in [4.78, 5) is 35.4. The highest BCUT2D eigenvalue weighted by Crippen LogP contribution is 2.42. The molecule has 1 N–H and O–H groups in total. The van der Waals surface area contributed by atoms with Crippen LogP contribution in [0, 0.1) is 11.6 Å². The molecule has 34 heavy (non-hydrogen) atoms. The van der Waals surface area contributed by atoms with Crippen LogP contribution in [0.3, 0.4) is 0 Å². The summed E-state index contributed by atoms with van der Waals surface area (Å²) < 4.78 is 33.3. The van der Waals surface area contributed by atoms with E-state index in [1.807, 2.05) is 0 Å². The van der Waals surface area contributed by atoms with Gasteiger partial charge in [0.05, 0.1) is 5.54 Å². The number of hydrogen-bond acceptors (Lipinski definition) is 5. The van der Waals surface area contributed by atoms with Gasteiger partial charge in [-0.25, -0.2) is 18.7 Å². The lowest BCUT2D eigenvalue weighted by Gasteiger charge is -2.39. The summed E-state index contributed by atoms with van der Waals surface area (Å²) in [5, 5.41) is 3.06. The zero-order valence-electron chi connectivity index (χ0n) is 18.2. The Labute approximate surface area is 194 Å². The number of ether oxygens (including phenoxy) is 1. The highest BCUT2D eigenvalue weighted by Gasteiger charge is 2.50. The molecule has 0 unspecified atom stereocenters. The van der Waals surface area contributed by atoms with Crippen molar-refractivity contribution < 1.29 is 23.1 Å². The third-order valence-corrected chi connectivity index (χ3v) is 6.42. The predicted molar refractivity (Wildman–Crippen MR) is 118 cm³/mol. The molecule has 2 fully saturated rings. The second-order valence-corrected chi connectivity index (χ2v) is 8.63. The summed E-state index contributed by atoms with van der Waals surface area (Å²) in [6.07, 6.45) is 4.81. The number of amides is 2. The van der Waals surface area contributed by atoms with Crippen molar-refractivity contribution in [1.29, 1.82) is 0 Å². The van der Waals surface area contributed by atoms with Gasteiger partial charge in [0, 0.05) is 43.4 Å². The van der Waals surface area contributed by atoms with Crippen LogP contribution in [0.15, 0.2) is 60.9 Å². The lowest BCUT2D eigenvalue weighted by molar-refractivity contribution is -0.125. The summed E-state index contributed by atoms with van der Waals surface area (Å²) in [6, 6.07) is 12.3. The summed E-state index contributed by atoms with van der Waals surface area (Å²) in [5.41, 5.74) is 0.215. The Bertz CT molecular complexity index is 1240. The summed E-state index contributed by atoms with van der Waals surface area (Å²) in [5.74, 6) is -2.19. The van der Waals surface area contributed by atoms with Gasteiger partial charge in [0.1, 0.15) is 5.75 Å². The van der Waals surface area contributed by atoms with E-state index >= 15 is 0 Å². The molecule has 3 heterocycles. The lowest BCUT2D eigenvalue weighted by Crippen LogP contribution is -2.56. The molecule has 1 aromatic heterocycles. The second-order valence-electron chi connectivity index (χ2n) is 8.63. The van der Waals surface area contributed by atoms with Gasteiger partial charge in [-0.3, -0.25) is 9.59 Å². The summed E-state index contributed by atoms with van der Waals surface area (Å²) >= 11 is 0. The molecule has 2 aromatic carbocycles. The number of hydrogen-bond donors (Lipinski definition) is 1. The Balaban J connectivity index is 1.43. The molecule has 0 radical (unpaired) electrons. The molecule has 2 amide bonds. The van der Waals surface area contributed by atoms with Gasteiger partial charge in [0.25, 0.3) is 5.91 Å². The van der Waals surface area contributed by atoms with Crippen molar-refractivity contribution in [2.24, 2.45) is 0 Å². The first-order chi connectivity index (χ1) is 16.4. The Morgan fingerprint density at radius 1 is 1.09 bits per heavy atom. The molecular weight excluding hydrogens is 442 g/mol. The van der Waals surface area contributed by atoms with Crippen molar-refractivity contribution in [2.75, 3.05) is 13.1 Å². The van der Waals surface area contributed by atoms with Gasteiger partial charge in [-0.1, -0.05) is 12.1 Å². The number of halogens is 2. The standard InChI is InChI=1S/C25H22F2N4O3/c26-20-8-7-16(13-21(20)27)19-14-31(15-25(19)9-2-6-22(32)30-25)23(33)17-4-1-5-18(12-17)34-24-28-10-3-11-29-24/h1,3-5,7-8,10-13,19H,2,6,9,14-15H2,(H,30,32)/t19-,25+/m0/s1. The average Bonchev–Trinajstić information content (AvgIpc) is 3.19. The van der Waals surface area contributed by atoms with Crippen molar-refractivity contribution in [3.05, 3.63) is 83.7 Å². The number of nitrogens with zero attached hydrogens (tertiary/aromatic N) is 3. The first-order valence-corrected chi connectivity index (χ1v) is 11.0. The fourth-order valence-electron chi connectivity index (χ4n) is 4.88. The Hall–Kier alpha value is -3.88. The summed E-state index contributed by atoms with van der Waals surface area (Å²) in [6.45, 7) is 0.533. The van der Waals surface area contributed by atoms with Crippen LogP contribution in [0.2, 0.25) is 0 Å². The third kappa shape index (κ3) is 4.21. The van der Waals surface area contributed by atoms with Crippen LogP contribution in [0.25, 0.3) is 0 Å². The van der Waals surface area contributed by atoms with E-state index < -0.39 is 17.2 Å². The van der Waals surface area contributed by atoms with Crippen molar-refractivity contribution in [2.45, 2.75) is 30.7 Å². The van der Waals surface area contributed by atoms with E-state index in [9.17, 15) is 18.4 Å². The molecule has 5 rings (SSSR count). The number of rotatable bonds is 4. The normalized spacial score (nSPS) is 22.0. The van der Waals surface area contributed by atoms with Crippen molar-refractivity contribution in [3.63, 3.8) is 0 Å². The topological polar surface area (TPSA) is 84.4 Å². The maximum absolute atomic E-state index is 14.0. The molecule has 2 aliphatic heterocycles. The maximum atomic E-state index is 14.0. The molecule has 2 aliphatic rings. The largest absolute Gasteiger partial charge is 0.424 e. The minimum atomic E-state index is -0.951. The number of likely N-dealkylation sites (tertiary alicyclic amines) is 1. The predicted octanol–water partition coefficient (Wildman–Crippen LogP) is 3.83. The minimum Gasteiger partial charge on any atom is -0.424 e. The molecule has 174 valence electrons. The molecule has 2 saturated heterocycles. The van der Waals surface area contributed by atoms with E-state index in [0.717, 1.165) is 12.1 Å². The monoisotopic (exact) mass is 464 g/mol. The van der Waals surface area contributed by atoms with Crippen LogP contribution >= 0.6 is 0 Å². The van der Waals surface area contributed by atoms with Crippen LogP contribution in [0.1, 0.15) is 41.1 Å². The van der Waals surface area contributed by atoms with Crippen LogP contribution in [0.4, 0.5) is 8.78 Å². The van der Waals surface area contributed by atoms with Gasteiger partial charge in [-0.05, 0) is 54.8 Å². The van der Waals surface area contributed by atoms with Gasteiger partial charge in [0.2, 0.25) is 5.91 Å². The van der Waals surface area contributed by atoms with E-state index in [4.69, 9.17) is 4.74 Å². The second kappa shape index (κ2) is 8.81. The molecular formula is C25H22F2N4O3. The molecule has 0 saturated carbocycles. The van der Waals surface area contributed by atoms with E-state index in [1.165, 1.54) is 6.07 Å². The average molecular weight is 464 g/mol. The number of carbonyl (C=O) groups excluding carboxylic acids is 2. The number of benzene rings is 2. The fraction of sp³-hybridized carbons (Fsp3) is 0.280. The molecule has 1 spiro atoms. The zero-order valence-corrected chi connectivity index (χ0v) is 18.2. The van der Waals surface area contributed by atoms with Crippen LogP contribution < -0.4 is 10.1 Å². The zero-order chi connectivity index (χ0) is 23.7. The molecule has 7 nitrogen and oxygen atoms in total. The number of piperidine rings is 1. The van der Waals surface area contributed by atoms with Gasteiger partial charge in [-0.2, -0.15) is 0 Å². The summed E-state index contributed by atoms with van der Waals surface area (Å²) in [7, 11) is 0. The van der Waals surface area contributed by atoms with Crippen molar-refractivity contribution in [3.8, 4) is 11.8 Å². The van der Waals surface area contributed by atoms with E-state index in [0.29, 0.717) is 36.1 Å².